The summed E-state index contributed by atoms with van der Waals surface area (Å²) < 4.78 is 0. The number of pyridine rings is 1. The summed E-state index contributed by atoms with van der Waals surface area (Å²) >= 11 is 0. The van der Waals surface area contributed by atoms with Crippen molar-refractivity contribution >= 4 is 28.7 Å². The molecule has 1 aliphatic rings. The van der Waals surface area contributed by atoms with E-state index < -0.39 is 0 Å². The molecule has 0 aliphatic carbocycles. The minimum Gasteiger partial charge on any atom is -0.372 e. The molecule has 1 saturated heterocycles. The van der Waals surface area contributed by atoms with E-state index in [-0.39, 0.29) is 5.91 Å². The van der Waals surface area contributed by atoms with Gasteiger partial charge in [0.1, 0.15) is 6.07 Å². The summed E-state index contributed by atoms with van der Waals surface area (Å²) in [5, 5.41) is 15.3. The van der Waals surface area contributed by atoms with E-state index in [1.54, 1.807) is 24.4 Å². The number of hydrogen-bond donors (Lipinski definition) is 2. The molecule has 0 bridgehead atoms. The van der Waals surface area contributed by atoms with Gasteiger partial charge >= 0.3 is 0 Å². The summed E-state index contributed by atoms with van der Waals surface area (Å²) in [6.07, 6.45) is 5.61. The highest BCUT2D eigenvalue weighted by molar-refractivity contribution is 6.04. The third-order valence-corrected chi connectivity index (χ3v) is 4.92. The van der Waals surface area contributed by atoms with Crippen LogP contribution in [0.1, 0.15) is 28.8 Å². The Morgan fingerprint density at radius 2 is 1.76 bits per heavy atom. The van der Waals surface area contributed by atoms with Crippen LogP contribution < -0.4 is 15.5 Å². The largest absolute Gasteiger partial charge is 0.372 e. The van der Waals surface area contributed by atoms with Gasteiger partial charge in [0.15, 0.2) is 0 Å². The number of nitrogens with one attached hydrogen (secondary N) is 2. The first-order chi connectivity index (χ1) is 14.2. The Morgan fingerprint density at radius 1 is 1.00 bits per heavy atom. The van der Waals surface area contributed by atoms with Gasteiger partial charge in [0.05, 0.1) is 28.7 Å². The monoisotopic (exact) mass is 383 g/mol. The minimum absolute atomic E-state index is 0.233. The normalized spacial score (nSPS) is 13.0. The number of anilines is 4. The molecule has 6 heteroatoms. The fourth-order valence-corrected chi connectivity index (χ4v) is 3.41. The number of carbonyl (C=O) groups is 1. The van der Waals surface area contributed by atoms with Gasteiger partial charge in [-0.2, -0.15) is 5.26 Å². The SMILES string of the molecule is N#Cc1ccccc1Nc1cncc(C(=O)Nc2ccc(N3CCCC3)cc2)c1. The van der Waals surface area contributed by atoms with Gasteiger partial charge < -0.3 is 15.5 Å². The summed E-state index contributed by atoms with van der Waals surface area (Å²) in [5.41, 5.74) is 4.21. The molecule has 2 N–H and O–H groups in total. The number of rotatable bonds is 5. The van der Waals surface area contributed by atoms with Crippen LogP contribution in [-0.4, -0.2) is 24.0 Å². The Labute approximate surface area is 169 Å². The Morgan fingerprint density at radius 3 is 2.52 bits per heavy atom. The van der Waals surface area contributed by atoms with Gasteiger partial charge in [-0.3, -0.25) is 9.78 Å². The van der Waals surface area contributed by atoms with E-state index in [2.05, 4.69) is 26.6 Å². The molecule has 6 nitrogen and oxygen atoms in total. The van der Waals surface area contributed by atoms with Crippen molar-refractivity contribution in [2.75, 3.05) is 28.6 Å². The fourth-order valence-electron chi connectivity index (χ4n) is 3.41. The molecule has 0 saturated carbocycles. The van der Waals surface area contributed by atoms with E-state index in [9.17, 15) is 10.1 Å². The van der Waals surface area contributed by atoms with Crippen LogP contribution in [0.15, 0.2) is 67.0 Å². The van der Waals surface area contributed by atoms with Crippen LogP contribution in [0.5, 0.6) is 0 Å². The maximum atomic E-state index is 12.6. The third kappa shape index (κ3) is 4.36. The van der Waals surface area contributed by atoms with E-state index in [0.29, 0.717) is 22.5 Å². The van der Waals surface area contributed by atoms with Crippen molar-refractivity contribution < 1.29 is 4.79 Å². The van der Waals surface area contributed by atoms with Crippen LogP contribution in [0.2, 0.25) is 0 Å². The average molecular weight is 383 g/mol. The Hall–Kier alpha value is -3.85. The lowest BCUT2D eigenvalue weighted by Gasteiger charge is -2.17. The molecule has 1 fully saturated rings. The van der Waals surface area contributed by atoms with Gasteiger partial charge in [-0.15, -0.1) is 0 Å². The van der Waals surface area contributed by atoms with Gasteiger partial charge in [-0.05, 0) is 55.3 Å². The predicted octanol–water partition coefficient (Wildman–Crippen LogP) is 4.55. The predicted molar refractivity (Wildman–Crippen MR) is 115 cm³/mol. The molecule has 0 unspecified atom stereocenters. The van der Waals surface area contributed by atoms with E-state index in [4.69, 9.17) is 0 Å². The lowest BCUT2D eigenvalue weighted by atomic mass is 10.2. The number of aromatic nitrogens is 1. The second kappa shape index (κ2) is 8.44. The zero-order valence-electron chi connectivity index (χ0n) is 15.9. The van der Waals surface area contributed by atoms with E-state index in [1.807, 2.05) is 36.4 Å². The summed E-state index contributed by atoms with van der Waals surface area (Å²) in [7, 11) is 0. The van der Waals surface area contributed by atoms with E-state index in [1.165, 1.54) is 24.7 Å². The lowest BCUT2D eigenvalue weighted by Crippen LogP contribution is -2.17. The molecule has 4 rings (SSSR count). The zero-order valence-corrected chi connectivity index (χ0v) is 15.9. The van der Waals surface area contributed by atoms with Crippen LogP contribution >= 0.6 is 0 Å². The Kier molecular flexibility index (Phi) is 5.39. The number of carbonyl (C=O) groups excluding carboxylic acids is 1. The molecular weight excluding hydrogens is 362 g/mol. The molecule has 0 atom stereocenters. The van der Waals surface area contributed by atoms with E-state index >= 15 is 0 Å². The fraction of sp³-hybridized carbons (Fsp3) is 0.174. The molecule has 0 radical (unpaired) electrons. The molecule has 2 aromatic carbocycles. The second-order valence-electron chi connectivity index (χ2n) is 6.94. The number of hydrogen-bond acceptors (Lipinski definition) is 5. The highest BCUT2D eigenvalue weighted by Gasteiger charge is 2.13. The second-order valence-corrected chi connectivity index (χ2v) is 6.94. The smallest absolute Gasteiger partial charge is 0.257 e. The van der Waals surface area contributed by atoms with Crippen LogP contribution in [0.25, 0.3) is 0 Å². The first-order valence-electron chi connectivity index (χ1n) is 9.60. The van der Waals surface area contributed by atoms with Crippen molar-refractivity contribution in [1.29, 1.82) is 5.26 Å². The molecule has 29 heavy (non-hydrogen) atoms. The van der Waals surface area contributed by atoms with Crippen LogP contribution in [0, 0.1) is 11.3 Å². The molecule has 0 spiro atoms. The topological polar surface area (TPSA) is 81.0 Å². The number of benzene rings is 2. The summed E-state index contributed by atoms with van der Waals surface area (Å²) in [5.74, 6) is -0.233. The van der Waals surface area contributed by atoms with Crippen LogP contribution in [0.4, 0.5) is 22.7 Å². The Bertz CT molecular complexity index is 1050. The first kappa shape index (κ1) is 18.5. The van der Waals surface area contributed by atoms with Gasteiger partial charge in [0, 0.05) is 30.7 Å². The van der Waals surface area contributed by atoms with Crippen molar-refractivity contribution in [2.24, 2.45) is 0 Å². The average Bonchev–Trinajstić information content (AvgIpc) is 3.30. The number of para-hydroxylation sites is 1. The van der Waals surface area contributed by atoms with Crippen molar-refractivity contribution in [3.8, 4) is 6.07 Å². The highest BCUT2D eigenvalue weighted by atomic mass is 16.1. The molecule has 2 heterocycles. The summed E-state index contributed by atoms with van der Waals surface area (Å²) in [6.45, 7) is 2.18. The number of nitrogens with zero attached hydrogens (tertiary/aromatic N) is 3. The van der Waals surface area contributed by atoms with Crippen LogP contribution in [0.3, 0.4) is 0 Å². The molecule has 1 aliphatic heterocycles. The molecule has 144 valence electrons. The number of amides is 1. The van der Waals surface area contributed by atoms with E-state index in [0.717, 1.165) is 18.8 Å². The maximum Gasteiger partial charge on any atom is 0.257 e. The van der Waals surface area contributed by atoms with Crippen molar-refractivity contribution in [3.05, 3.63) is 78.1 Å². The van der Waals surface area contributed by atoms with Crippen LogP contribution in [-0.2, 0) is 0 Å². The molecule has 1 amide bonds. The quantitative estimate of drug-likeness (QED) is 0.676. The van der Waals surface area contributed by atoms with Crippen molar-refractivity contribution in [3.63, 3.8) is 0 Å². The zero-order chi connectivity index (χ0) is 20.1. The molecule has 1 aromatic heterocycles. The first-order valence-corrected chi connectivity index (χ1v) is 9.60. The van der Waals surface area contributed by atoms with Gasteiger partial charge in [0.2, 0.25) is 0 Å². The standard InChI is InChI=1S/C23H21N5O/c24-14-17-5-1-2-6-22(17)26-20-13-18(15-25-16-20)23(29)27-19-7-9-21(10-8-19)28-11-3-4-12-28/h1-2,5-10,13,15-16,26H,3-4,11-12H2,(H,27,29). The summed E-state index contributed by atoms with van der Waals surface area (Å²) in [4.78, 5) is 19.1. The van der Waals surface area contributed by atoms with Crippen molar-refractivity contribution in [1.82, 2.24) is 4.98 Å². The minimum atomic E-state index is -0.233. The third-order valence-electron chi connectivity index (χ3n) is 4.92. The highest BCUT2D eigenvalue weighted by Crippen LogP contribution is 2.23. The van der Waals surface area contributed by atoms with Gasteiger partial charge in [-0.25, -0.2) is 0 Å². The maximum absolute atomic E-state index is 12.6. The Balaban J connectivity index is 1.45. The summed E-state index contributed by atoms with van der Waals surface area (Å²) in [6, 6.07) is 19.0. The van der Waals surface area contributed by atoms with Gasteiger partial charge in [-0.1, -0.05) is 12.1 Å². The number of nitriles is 1. The van der Waals surface area contributed by atoms with Crippen molar-refractivity contribution in [2.45, 2.75) is 12.8 Å². The van der Waals surface area contributed by atoms with Gasteiger partial charge in [0.25, 0.3) is 5.91 Å². The molecular formula is C23H21N5O. The lowest BCUT2D eigenvalue weighted by molar-refractivity contribution is 0.102. The molecule has 3 aromatic rings.